The molecule has 1 saturated heterocycles. The van der Waals surface area contributed by atoms with Crippen LogP contribution in [0.3, 0.4) is 0 Å². The zero-order valence-corrected chi connectivity index (χ0v) is 10.1. The number of ketones is 1. The highest BCUT2D eigenvalue weighted by Gasteiger charge is 2.19. The largest absolute Gasteiger partial charge is 0.316 e. The molecule has 0 spiro atoms. The van der Waals surface area contributed by atoms with Crippen molar-refractivity contribution in [2.45, 2.75) is 26.2 Å². The van der Waals surface area contributed by atoms with E-state index in [1.165, 1.54) is 6.07 Å². The highest BCUT2D eigenvalue weighted by molar-refractivity contribution is 5.96. The first kappa shape index (κ1) is 12.2. The Balaban J connectivity index is 2.05. The molecule has 1 atom stereocenters. The molecule has 0 aliphatic carbocycles. The highest BCUT2D eigenvalue weighted by atomic mass is 19.1. The van der Waals surface area contributed by atoms with Gasteiger partial charge in [-0.2, -0.15) is 0 Å². The normalized spacial score (nSPS) is 20.2. The Morgan fingerprint density at radius 3 is 3.06 bits per heavy atom. The van der Waals surface area contributed by atoms with E-state index in [4.69, 9.17) is 0 Å². The van der Waals surface area contributed by atoms with Crippen LogP contribution in [0, 0.1) is 18.7 Å². The third kappa shape index (κ3) is 3.13. The Labute approximate surface area is 101 Å². The van der Waals surface area contributed by atoms with Crippen molar-refractivity contribution < 1.29 is 9.18 Å². The summed E-state index contributed by atoms with van der Waals surface area (Å²) in [7, 11) is 0. The predicted molar refractivity (Wildman–Crippen MR) is 65.7 cm³/mol. The maximum atomic E-state index is 13.5. The average Bonchev–Trinajstić information content (AvgIpc) is 2.33. The number of halogens is 1. The van der Waals surface area contributed by atoms with E-state index in [0.29, 0.717) is 12.3 Å². The second-order valence-corrected chi connectivity index (χ2v) is 4.82. The maximum absolute atomic E-state index is 13.5. The van der Waals surface area contributed by atoms with E-state index >= 15 is 0 Å². The standard InChI is InChI=1S/C14H18FNO/c1-10-4-5-13(15)12(7-10)14(17)8-11-3-2-6-16-9-11/h4-5,7,11,16H,2-3,6,8-9H2,1H3. The Morgan fingerprint density at radius 2 is 2.35 bits per heavy atom. The van der Waals surface area contributed by atoms with Crippen LogP contribution >= 0.6 is 0 Å². The van der Waals surface area contributed by atoms with Crippen LogP contribution < -0.4 is 5.32 Å². The van der Waals surface area contributed by atoms with Gasteiger partial charge in [0.05, 0.1) is 5.56 Å². The Morgan fingerprint density at radius 1 is 1.53 bits per heavy atom. The molecule has 17 heavy (non-hydrogen) atoms. The SMILES string of the molecule is Cc1ccc(F)c(C(=O)CC2CCCNC2)c1. The molecule has 2 nitrogen and oxygen atoms in total. The quantitative estimate of drug-likeness (QED) is 0.816. The van der Waals surface area contributed by atoms with Gasteiger partial charge in [0.25, 0.3) is 0 Å². The number of benzene rings is 1. The van der Waals surface area contributed by atoms with Gasteiger partial charge in [0, 0.05) is 6.42 Å². The fourth-order valence-electron chi connectivity index (χ4n) is 2.32. The minimum absolute atomic E-state index is 0.0695. The minimum Gasteiger partial charge on any atom is -0.316 e. The molecule has 0 aromatic heterocycles. The monoisotopic (exact) mass is 235 g/mol. The minimum atomic E-state index is -0.399. The third-order valence-electron chi connectivity index (χ3n) is 3.30. The first-order valence-corrected chi connectivity index (χ1v) is 6.17. The van der Waals surface area contributed by atoms with Gasteiger partial charge in [0.15, 0.2) is 5.78 Å². The van der Waals surface area contributed by atoms with Crippen LogP contribution in [0.1, 0.15) is 35.2 Å². The van der Waals surface area contributed by atoms with Gasteiger partial charge in [-0.05, 0) is 50.9 Å². The number of piperidine rings is 1. The van der Waals surface area contributed by atoms with Crippen molar-refractivity contribution in [1.29, 1.82) is 0 Å². The summed E-state index contributed by atoms with van der Waals surface area (Å²) >= 11 is 0. The van der Waals surface area contributed by atoms with E-state index in [9.17, 15) is 9.18 Å². The van der Waals surface area contributed by atoms with Crippen molar-refractivity contribution >= 4 is 5.78 Å². The van der Waals surface area contributed by atoms with E-state index < -0.39 is 5.82 Å². The number of carbonyl (C=O) groups excluding carboxylic acids is 1. The average molecular weight is 235 g/mol. The van der Waals surface area contributed by atoms with E-state index in [0.717, 1.165) is 31.5 Å². The fourth-order valence-corrected chi connectivity index (χ4v) is 2.32. The molecule has 1 N–H and O–H groups in total. The van der Waals surface area contributed by atoms with Crippen LogP contribution in [-0.4, -0.2) is 18.9 Å². The van der Waals surface area contributed by atoms with Crippen LogP contribution in [0.5, 0.6) is 0 Å². The first-order chi connectivity index (χ1) is 8.16. The van der Waals surface area contributed by atoms with Crippen molar-refractivity contribution in [2.24, 2.45) is 5.92 Å². The van der Waals surface area contributed by atoms with E-state index in [-0.39, 0.29) is 11.3 Å². The first-order valence-electron chi connectivity index (χ1n) is 6.17. The smallest absolute Gasteiger partial charge is 0.166 e. The topological polar surface area (TPSA) is 29.1 Å². The molecule has 1 aliphatic rings. The summed E-state index contributed by atoms with van der Waals surface area (Å²) in [5, 5.41) is 3.27. The van der Waals surface area contributed by atoms with Gasteiger partial charge in [0.1, 0.15) is 5.82 Å². The predicted octanol–water partition coefficient (Wildman–Crippen LogP) is 2.71. The second kappa shape index (κ2) is 5.41. The van der Waals surface area contributed by atoms with Gasteiger partial charge in [-0.15, -0.1) is 0 Å². The molecule has 3 heteroatoms. The highest BCUT2D eigenvalue weighted by Crippen LogP contribution is 2.19. The molecular weight excluding hydrogens is 217 g/mol. The summed E-state index contributed by atoms with van der Waals surface area (Å²) < 4.78 is 13.5. The lowest BCUT2D eigenvalue weighted by molar-refractivity contribution is 0.0950. The number of Topliss-reactive ketones (excluding diaryl/α,β-unsaturated/α-hetero) is 1. The Hall–Kier alpha value is -1.22. The van der Waals surface area contributed by atoms with Crippen LogP contribution in [0.4, 0.5) is 4.39 Å². The van der Waals surface area contributed by atoms with Crippen molar-refractivity contribution in [3.05, 3.63) is 35.1 Å². The molecule has 2 rings (SSSR count). The zero-order chi connectivity index (χ0) is 12.3. The summed E-state index contributed by atoms with van der Waals surface area (Å²) in [5.74, 6) is -0.111. The van der Waals surface area contributed by atoms with Crippen LogP contribution in [0.15, 0.2) is 18.2 Å². The molecule has 92 valence electrons. The molecule has 1 heterocycles. The molecule has 0 saturated carbocycles. The van der Waals surface area contributed by atoms with Gasteiger partial charge < -0.3 is 5.32 Å². The number of hydrogen-bond acceptors (Lipinski definition) is 2. The van der Waals surface area contributed by atoms with Crippen molar-refractivity contribution in [3.8, 4) is 0 Å². The van der Waals surface area contributed by atoms with Gasteiger partial charge in [-0.25, -0.2) is 4.39 Å². The van der Waals surface area contributed by atoms with Gasteiger partial charge in [0.2, 0.25) is 0 Å². The van der Waals surface area contributed by atoms with Crippen molar-refractivity contribution in [2.75, 3.05) is 13.1 Å². The molecule has 1 aliphatic heterocycles. The maximum Gasteiger partial charge on any atom is 0.166 e. The van der Waals surface area contributed by atoms with E-state index in [1.807, 2.05) is 6.92 Å². The van der Waals surface area contributed by atoms with Crippen molar-refractivity contribution in [3.63, 3.8) is 0 Å². The molecule has 1 aromatic carbocycles. The summed E-state index contributed by atoms with van der Waals surface area (Å²) in [4.78, 5) is 12.0. The van der Waals surface area contributed by atoms with E-state index in [2.05, 4.69) is 5.32 Å². The number of aryl methyl sites for hydroxylation is 1. The van der Waals surface area contributed by atoms with Gasteiger partial charge >= 0.3 is 0 Å². The van der Waals surface area contributed by atoms with Crippen molar-refractivity contribution in [1.82, 2.24) is 5.32 Å². The summed E-state index contributed by atoms with van der Waals surface area (Å²) in [6.45, 7) is 3.78. The number of nitrogens with one attached hydrogen (secondary N) is 1. The lowest BCUT2D eigenvalue weighted by atomic mass is 9.91. The van der Waals surface area contributed by atoms with Crippen LogP contribution in [-0.2, 0) is 0 Å². The van der Waals surface area contributed by atoms with Gasteiger partial charge in [-0.3, -0.25) is 4.79 Å². The van der Waals surface area contributed by atoms with Gasteiger partial charge in [-0.1, -0.05) is 11.6 Å². The van der Waals surface area contributed by atoms with Crippen LogP contribution in [0.25, 0.3) is 0 Å². The molecule has 1 aromatic rings. The summed E-state index contributed by atoms with van der Waals surface area (Å²) in [5.41, 5.74) is 1.17. The molecule has 0 radical (unpaired) electrons. The fraction of sp³-hybridized carbons (Fsp3) is 0.500. The number of carbonyl (C=O) groups is 1. The summed E-state index contributed by atoms with van der Waals surface area (Å²) in [6, 6.07) is 4.71. The zero-order valence-electron chi connectivity index (χ0n) is 10.1. The number of hydrogen-bond donors (Lipinski definition) is 1. The molecule has 1 unspecified atom stereocenters. The number of rotatable bonds is 3. The van der Waals surface area contributed by atoms with Crippen LogP contribution in [0.2, 0.25) is 0 Å². The molecule has 1 fully saturated rings. The Bertz CT molecular complexity index is 411. The third-order valence-corrected chi connectivity index (χ3v) is 3.30. The molecule has 0 amide bonds. The Kier molecular flexibility index (Phi) is 3.89. The second-order valence-electron chi connectivity index (χ2n) is 4.82. The van der Waals surface area contributed by atoms with E-state index in [1.54, 1.807) is 12.1 Å². The molecular formula is C14H18FNO. The molecule has 0 bridgehead atoms. The lowest BCUT2D eigenvalue weighted by Gasteiger charge is -2.22. The summed E-state index contributed by atoms with van der Waals surface area (Å²) in [6.07, 6.45) is 2.62. The lowest BCUT2D eigenvalue weighted by Crippen LogP contribution is -2.31.